The Morgan fingerprint density at radius 2 is 2.00 bits per heavy atom. The molecule has 1 unspecified atom stereocenters. The number of hydrogen-bond donors (Lipinski definition) is 2. The molecule has 1 aliphatic heterocycles. The van der Waals surface area contributed by atoms with Crippen LogP contribution in [0.3, 0.4) is 0 Å². The van der Waals surface area contributed by atoms with Crippen molar-refractivity contribution in [2.45, 2.75) is 19.4 Å². The number of benzene rings is 1. The Morgan fingerprint density at radius 1 is 1.38 bits per heavy atom. The molecular formula is C13H14ClNO5S. The van der Waals surface area contributed by atoms with Crippen LogP contribution in [0.25, 0.3) is 0 Å². The molecule has 8 heteroatoms. The summed E-state index contributed by atoms with van der Waals surface area (Å²) in [7, 11) is -3.68. The summed E-state index contributed by atoms with van der Waals surface area (Å²) in [4.78, 5) is 12.2. The Labute approximate surface area is 127 Å². The zero-order valence-corrected chi connectivity index (χ0v) is 13.0. The molecule has 114 valence electrons. The predicted octanol–water partition coefficient (Wildman–Crippen LogP) is 1.82. The lowest BCUT2D eigenvalue weighted by Crippen LogP contribution is -2.32. The van der Waals surface area contributed by atoms with Gasteiger partial charge in [-0.1, -0.05) is 29.8 Å². The first kappa shape index (κ1) is 15.7. The predicted molar refractivity (Wildman–Crippen MR) is 77.1 cm³/mol. The monoisotopic (exact) mass is 331 g/mol. The lowest BCUT2D eigenvalue weighted by atomic mass is 9.91. The normalized spacial score (nSPS) is 22.3. The van der Waals surface area contributed by atoms with Gasteiger partial charge in [0.1, 0.15) is 0 Å². The summed E-state index contributed by atoms with van der Waals surface area (Å²) in [5.41, 5.74) is -1.23. The maximum absolute atomic E-state index is 12.2. The van der Waals surface area contributed by atoms with Crippen molar-refractivity contribution in [3.8, 4) is 0 Å². The van der Waals surface area contributed by atoms with Crippen molar-refractivity contribution in [2.24, 2.45) is 0 Å². The van der Waals surface area contributed by atoms with Crippen molar-refractivity contribution in [3.63, 3.8) is 0 Å². The molecule has 6 nitrogen and oxygen atoms in total. The molecule has 0 amide bonds. The van der Waals surface area contributed by atoms with E-state index in [1.165, 1.54) is 13.8 Å². The smallest absolute Gasteiger partial charge is 0.250 e. The average molecular weight is 332 g/mol. The van der Waals surface area contributed by atoms with Gasteiger partial charge in [-0.2, -0.15) is 0 Å². The number of aliphatic hydroxyl groups is 1. The summed E-state index contributed by atoms with van der Waals surface area (Å²) in [6, 6.07) is 6.49. The van der Waals surface area contributed by atoms with Crippen LogP contribution in [0.2, 0.25) is 5.02 Å². The van der Waals surface area contributed by atoms with E-state index in [0.29, 0.717) is 5.56 Å². The van der Waals surface area contributed by atoms with Gasteiger partial charge in [-0.05, 0) is 19.9 Å². The number of nitrogens with one attached hydrogen (secondary N) is 1. The second-order valence-electron chi connectivity index (χ2n) is 4.63. The van der Waals surface area contributed by atoms with Crippen LogP contribution in [-0.4, -0.2) is 25.1 Å². The molecule has 1 atom stereocenters. The Morgan fingerprint density at radius 3 is 2.57 bits per heavy atom. The third kappa shape index (κ3) is 2.71. The van der Waals surface area contributed by atoms with Crippen LogP contribution in [0.15, 0.2) is 35.9 Å². The molecule has 0 aromatic heterocycles. The molecule has 1 aliphatic rings. The van der Waals surface area contributed by atoms with E-state index < -0.39 is 33.0 Å². The van der Waals surface area contributed by atoms with Crippen LogP contribution in [0.4, 0.5) is 0 Å². The van der Waals surface area contributed by atoms with E-state index in [1.54, 1.807) is 24.3 Å². The summed E-state index contributed by atoms with van der Waals surface area (Å²) in [6.07, 6.45) is 0. The largest absolute Gasteiger partial charge is 0.501 e. The molecule has 1 aromatic carbocycles. The molecule has 2 N–H and O–H groups in total. The molecule has 21 heavy (non-hydrogen) atoms. The molecule has 0 saturated carbocycles. The fourth-order valence-electron chi connectivity index (χ4n) is 1.94. The maximum Gasteiger partial charge on any atom is 0.250 e. The van der Waals surface area contributed by atoms with Gasteiger partial charge < -0.3 is 9.84 Å². The SMILES string of the molecule is CCS(=O)(=O)NC1=C(O)C(=O)C(C)(c2ccccc2Cl)O1. The van der Waals surface area contributed by atoms with Gasteiger partial charge in [0, 0.05) is 10.6 Å². The highest BCUT2D eigenvalue weighted by atomic mass is 35.5. The van der Waals surface area contributed by atoms with Gasteiger partial charge in [-0.25, -0.2) is 8.42 Å². The van der Waals surface area contributed by atoms with E-state index in [-0.39, 0.29) is 10.8 Å². The van der Waals surface area contributed by atoms with Gasteiger partial charge in [0.25, 0.3) is 5.78 Å². The van der Waals surface area contributed by atoms with Gasteiger partial charge in [-0.3, -0.25) is 9.52 Å². The highest BCUT2D eigenvalue weighted by Gasteiger charge is 2.49. The summed E-state index contributed by atoms with van der Waals surface area (Å²) >= 11 is 6.04. The van der Waals surface area contributed by atoms with Gasteiger partial charge >= 0.3 is 0 Å². The molecule has 1 aromatic rings. The van der Waals surface area contributed by atoms with Crippen LogP contribution >= 0.6 is 11.6 Å². The Balaban J connectivity index is 2.41. The van der Waals surface area contributed by atoms with E-state index >= 15 is 0 Å². The molecular weight excluding hydrogens is 318 g/mol. The van der Waals surface area contributed by atoms with Crippen LogP contribution in [0.1, 0.15) is 19.4 Å². The standard InChI is InChI=1S/C13H14ClNO5S/c1-3-21(18,19)15-12-10(16)11(17)13(2,20-12)8-6-4-5-7-9(8)14/h4-7,15-16H,3H2,1-2H3. The topological polar surface area (TPSA) is 92.7 Å². The van der Waals surface area contributed by atoms with E-state index in [2.05, 4.69) is 0 Å². The second-order valence-corrected chi connectivity index (χ2v) is 7.05. The van der Waals surface area contributed by atoms with E-state index in [1.807, 2.05) is 4.72 Å². The highest BCUT2D eigenvalue weighted by Crippen LogP contribution is 2.40. The minimum atomic E-state index is -3.68. The van der Waals surface area contributed by atoms with Crippen molar-refractivity contribution in [1.82, 2.24) is 4.72 Å². The Hall–Kier alpha value is -1.73. The Kier molecular flexibility index (Phi) is 3.90. The number of aliphatic hydroxyl groups excluding tert-OH is 1. The van der Waals surface area contributed by atoms with Crippen molar-refractivity contribution < 1.29 is 23.1 Å². The number of carbonyl (C=O) groups excluding carboxylic acids is 1. The second kappa shape index (κ2) is 5.23. The van der Waals surface area contributed by atoms with Crippen LogP contribution in [0.5, 0.6) is 0 Å². The summed E-state index contributed by atoms with van der Waals surface area (Å²) < 4.78 is 30.5. The van der Waals surface area contributed by atoms with Crippen molar-refractivity contribution in [3.05, 3.63) is 46.5 Å². The van der Waals surface area contributed by atoms with Crippen molar-refractivity contribution >= 4 is 27.4 Å². The minimum absolute atomic E-state index is 0.218. The van der Waals surface area contributed by atoms with Gasteiger partial charge in [0.15, 0.2) is 0 Å². The third-order valence-electron chi connectivity index (χ3n) is 3.19. The zero-order valence-electron chi connectivity index (χ0n) is 11.4. The van der Waals surface area contributed by atoms with Gasteiger partial charge in [0.2, 0.25) is 27.3 Å². The van der Waals surface area contributed by atoms with E-state index in [4.69, 9.17) is 16.3 Å². The molecule has 0 radical (unpaired) electrons. The molecule has 0 bridgehead atoms. The Bertz CT molecular complexity index is 728. The lowest BCUT2D eigenvalue weighted by molar-refractivity contribution is -0.131. The van der Waals surface area contributed by atoms with Crippen molar-refractivity contribution in [1.29, 1.82) is 0 Å². The first-order valence-corrected chi connectivity index (χ1v) is 8.17. The average Bonchev–Trinajstić information content (AvgIpc) is 2.64. The number of halogens is 1. The van der Waals surface area contributed by atoms with Crippen LogP contribution in [-0.2, 0) is 25.2 Å². The van der Waals surface area contributed by atoms with Crippen LogP contribution < -0.4 is 4.72 Å². The van der Waals surface area contributed by atoms with E-state index in [9.17, 15) is 18.3 Å². The molecule has 2 rings (SSSR count). The van der Waals surface area contributed by atoms with Crippen molar-refractivity contribution in [2.75, 3.05) is 5.75 Å². The number of hydrogen-bond acceptors (Lipinski definition) is 5. The summed E-state index contributed by atoms with van der Waals surface area (Å²) in [5, 5.41) is 10.1. The minimum Gasteiger partial charge on any atom is -0.501 e. The van der Waals surface area contributed by atoms with Crippen LogP contribution in [0, 0.1) is 0 Å². The van der Waals surface area contributed by atoms with Gasteiger partial charge in [-0.15, -0.1) is 0 Å². The number of sulfonamides is 1. The molecule has 1 heterocycles. The first-order chi connectivity index (χ1) is 9.71. The number of carbonyl (C=O) groups is 1. The highest BCUT2D eigenvalue weighted by molar-refractivity contribution is 7.89. The summed E-state index contributed by atoms with van der Waals surface area (Å²) in [6.45, 7) is 2.84. The third-order valence-corrected chi connectivity index (χ3v) is 4.77. The number of ketones is 1. The molecule has 0 aliphatic carbocycles. The molecule has 0 spiro atoms. The molecule has 0 fully saturated rings. The fraction of sp³-hybridized carbons (Fsp3) is 0.308. The lowest BCUT2D eigenvalue weighted by Gasteiger charge is -2.24. The maximum atomic E-state index is 12.2. The summed E-state index contributed by atoms with van der Waals surface area (Å²) in [5.74, 6) is -2.23. The number of ether oxygens (including phenoxy) is 1. The number of rotatable bonds is 4. The fourth-order valence-corrected chi connectivity index (χ4v) is 2.82. The first-order valence-electron chi connectivity index (χ1n) is 6.14. The molecule has 0 saturated heterocycles. The van der Waals surface area contributed by atoms with E-state index in [0.717, 1.165) is 0 Å². The zero-order chi connectivity index (χ0) is 15.8. The quantitative estimate of drug-likeness (QED) is 0.878. The van der Waals surface area contributed by atoms with Gasteiger partial charge in [0.05, 0.1) is 5.75 Å². The number of Topliss-reactive ketones (excluding diaryl/α,β-unsaturated/α-hetero) is 1.